The quantitative estimate of drug-likeness (QED) is 0.881. The molecule has 1 saturated heterocycles. The molecular formula is C17H21N3O3. The van der Waals surface area contributed by atoms with Gasteiger partial charge < -0.3 is 14.6 Å². The Labute approximate surface area is 135 Å². The molecule has 23 heavy (non-hydrogen) atoms. The van der Waals surface area contributed by atoms with Crippen molar-refractivity contribution >= 4 is 5.91 Å². The molecule has 0 saturated carbocycles. The lowest BCUT2D eigenvalue weighted by molar-refractivity contribution is 0.0920. The number of hydrogen-bond donors (Lipinski definition) is 1. The molecule has 3 rings (SSSR count). The van der Waals surface area contributed by atoms with Crippen LogP contribution in [0.5, 0.6) is 0 Å². The number of ether oxygens (including phenoxy) is 1. The number of amides is 1. The van der Waals surface area contributed by atoms with Gasteiger partial charge in [0.05, 0.1) is 19.2 Å². The Balaban J connectivity index is 1.53. The van der Waals surface area contributed by atoms with Crippen LogP contribution in [0.1, 0.15) is 28.2 Å². The first-order valence-electron chi connectivity index (χ1n) is 7.77. The second-order valence-electron chi connectivity index (χ2n) is 5.87. The van der Waals surface area contributed by atoms with Gasteiger partial charge in [-0.15, -0.1) is 0 Å². The number of benzene rings is 1. The Morgan fingerprint density at radius 1 is 1.35 bits per heavy atom. The van der Waals surface area contributed by atoms with E-state index in [-0.39, 0.29) is 11.9 Å². The number of nitrogens with one attached hydrogen (secondary N) is 1. The molecule has 1 atom stereocenters. The van der Waals surface area contributed by atoms with Crippen LogP contribution in [0.15, 0.2) is 40.9 Å². The minimum absolute atomic E-state index is 0.0726. The van der Waals surface area contributed by atoms with E-state index in [1.807, 2.05) is 25.2 Å². The standard InChI is InChI=1S/C17H21N3O3/c1-20(10-13-5-3-2-4-6-13)11-15-9-16(19-23-15)17(21)18-14-7-8-22-12-14/h2-6,9,14H,7-8,10-12H2,1H3,(H,18,21). The molecule has 1 aromatic carbocycles. The van der Waals surface area contributed by atoms with Crippen LogP contribution < -0.4 is 5.32 Å². The van der Waals surface area contributed by atoms with Gasteiger partial charge in [0.1, 0.15) is 0 Å². The SMILES string of the molecule is CN(Cc1ccccc1)Cc1cc(C(=O)NC2CCOC2)no1. The first-order chi connectivity index (χ1) is 11.2. The average molecular weight is 315 g/mol. The van der Waals surface area contributed by atoms with E-state index in [2.05, 4.69) is 27.5 Å². The number of hydrogen-bond acceptors (Lipinski definition) is 5. The van der Waals surface area contributed by atoms with Crippen molar-refractivity contribution in [3.63, 3.8) is 0 Å². The fourth-order valence-electron chi connectivity index (χ4n) is 2.62. The van der Waals surface area contributed by atoms with E-state index in [0.717, 1.165) is 13.0 Å². The minimum Gasteiger partial charge on any atom is -0.379 e. The van der Waals surface area contributed by atoms with Crippen LogP contribution in [0, 0.1) is 0 Å². The molecule has 0 aliphatic carbocycles. The van der Waals surface area contributed by atoms with Gasteiger partial charge in [0.15, 0.2) is 11.5 Å². The zero-order valence-corrected chi connectivity index (χ0v) is 13.2. The second-order valence-corrected chi connectivity index (χ2v) is 5.87. The fourth-order valence-corrected chi connectivity index (χ4v) is 2.62. The summed E-state index contributed by atoms with van der Waals surface area (Å²) >= 11 is 0. The molecule has 1 aliphatic rings. The van der Waals surface area contributed by atoms with Gasteiger partial charge in [-0.05, 0) is 19.0 Å². The highest BCUT2D eigenvalue weighted by molar-refractivity contribution is 5.92. The molecule has 6 heteroatoms. The molecule has 6 nitrogen and oxygen atoms in total. The Morgan fingerprint density at radius 3 is 2.91 bits per heavy atom. The molecule has 1 N–H and O–H groups in total. The molecule has 1 amide bonds. The molecule has 1 aromatic heterocycles. The maximum Gasteiger partial charge on any atom is 0.273 e. The van der Waals surface area contributed by atoms with Crippen molar-refractivity contribution in [2.75, 3.05) is 20.3 Å². The normalized spacial score (nSPS) is 17.6. The van der Waals surface area contributed by atoms with Gasteiger partial charge in [0, 0.05) is 19.2 Å². The molecule has 0 bridgehead atoms. The number of aromatic nitrogens is 1. The maximum atomic E-state index is 12.1. The van der Waals surface area contributed by atoms with Crippen LogP contribution in [0.3, 0.4) is 0 Å². The summed E-state index contributed by atoms with van der Waals surface area (Å²) in [5.74, 6) is 0.470. The van der Waals surface area contributed by atoms with E-state index in [0.29, 0.717) is 31.2 Å². The summed E-state index contributed by atoms with van der Waals surface area (Å²) in [7, 11) is 2.01. The Kier molecular flexibility index (Phi) is 5.05. The van der Waals surface area contributed by atoms with Crippen molar-refractivity contribution in [2.45, 2.75) is 25.6 Å². The molecular weight excluding hydrogens is 294 g/mol. The third kappa shape index (κ3) is 4.40. The molecule has 122 valence electrons. The van der Waals surface area contributed by atoms with E-state index in [1.165, 1.54) is 5.56 Å². The summed E-state index contributed by atoms with van der Waals surface area (Å²) in [5, 5.41) is 6.77. The Bertz CT molecular complexity index is 636. The average Bonchev–Trinajstić information content (AvgIpc) is 3.20. The summed E-state index contributed by atoms with van der Waals surface area (Å²) in [5.41, 5.74) is 1.55. The van der Waals surface area contributed by atoms with Crippen molar-refractivity contribution in [3.05, 3.63) is 53.4 Å². The minimum atomic E-state index is -0.207. The van der Waals surface area contributed by atoms with E-state index in [9.17, 15) is 4.79 Å². The van der Waals surface area contributed by atoms with Crippen LogP contribution in [0.25, 0.3) is 0 Å². The maximum absolute atomic E-state index is 12.1. The zero-order chi connectivity index (χ0) is 16.1. The van der Waals surface area contributed by atoms with Crippen LogP contribution in [0.4, 0.5) is 0 Å². The lowest BCUT2D eigenvalue weighted by Crippen LogP contribution is -2.35. The zero-order valence-electron chi connectivity index (χ0n) is 13.2. The summed E-state index contributed by atoms with van der Waals surface area (Å²) < 4.78 is 10.5. The van der Waals surface area contributed by atoms with Gasteiger partial charge >= 0.3 is 0 Å². The van der Waals surface area contributed by atoms with E-state index < -0.39 is 0 Å². The summed E-state index contributed by atoms with van der Waals surface area (Å²) in [6, 6.07) is 12.0. The molecule has 1 aliphatic heterocycles. The summed E-state index contributed by atoms with van der Waals surface area (Å²) in [6.07, 6.45) is 0.844. The Morgan fingerprint density at radius 2 is 2.17 bits per heavy atom. The van der Waals surface area contributed by atoms with Gasteiger partial charge in [-0.3, -0.25) is 9.69 Å². The van der Waals surface area contributed by atoms with E-state index in [4.69, 9.17) is 9.26 Å². The fraction of sp³-hybridized carbons (Fsp3) is 0.412. The smallest absolute Gasteiger partial charge is 0.273 e. The topological polar surface area (TPSA) is 67.6 Å². The highest BCUT2D eigenvalue weighted by Gasteiger charge is 2.21. The lowest BCUT2D eigenvalue weighted by atomic mass is 10.2. The predicted molar refractivity (Wildman–Crippen MR) is 84.8 cm³/mol. The van der Waals surface area contributed by atoms with Crippen LogP contribution in [-0.2, 0) is 17.8 Å². The third-order valence-corrected chi connectivity index (χ3v) is 3.78. The number of rotatable bonds is 6. The molecule has 0 radical (unpaired) electrons. The van der Waals surface area contributed by atoms with Crippen LogP contribution in [0.2, 0.25) is 0 Å². The molecule has 1 fully saturated rings. The highest BCUT2D eigenvalue weighted by atomic mass is 16.5. The van der Waals surface area contributed by atoms with Gasteiger partial charge in [-0.25, -0.2) is 0 Å². The monoisotopic (exact) mass is 315 g/mol. The Hall–Kier alpha value is -2.18. The van der Waals surface area contributed by atoms with Crippen molar-refractivity contribution in [1.82, 2.24) is 15.4 Å². The predicted octanol–water partition coefficient (Wildman–Crippen LogP) is 1.83. The van der Waals surface area contributed by atoms with Crippen LogP contribution >= 0.6 is 0 Å². The number of nitrogens with zero attached hydrogens (tertiary/aromatic N) is 2. The number of carbonyl (C=O) groups excluding carboxylic acids is 1. The van der Waals surface area contributed by atoms with E-state index in [1.54, 1.807) is 6.07 Å². The number of carbonyl (C=O) groups is 1. The first-order valence-corrected chi connectivity index (χ1v) is 7.77. The largest absolute Gasteiger partial charge is 0.379 e. The van der Waals surface area contributed by atoms with Crippen molar-refractivity contribution in [2.24, 2.45) is 0 Å². The van der Waals surface area contributed by atoms with Gasteiger partial charge in [-0.2, -0.15) is 0 Å². The summed E-state index contributed by atoms with van der Waals surface area (Å²) in [4.78, 5) is 14.2. The van der Waals surface area contributed by atoms with E-state index >= 15 is 0 Å². The van der Waals surface area contributed by atoms with Crippen molar-refractivity contribution in [1.29, 1.82) is 0 Å². The first kappa shape index (κ1) is 15.7. The molecule has 2 aromatic rings. The van der Waals surface area contributed by atoms with Crippen LogP contribution in [-0.4, -0.2) is 42.3 Å². The second kappa shape index (κ2) is 7.39. The molecule has 0 spiro atoms. The summed E-state index contributed by atoms with van der Waals surface area (Å²) in [6.45, 7) is 2.67. The highest BCUT2D eigenvalue weighted by Crippen LogP contribution is 2.11. The van der Waals surface area contributed by atoms with Gasteiger partial charge in [-0.1, -0.05) is 35.5 Å². The molecule has 2 heterocycles. The van der Waals surface area contributed by atoms with Crippen molar-refractivity contribution < 1.29 is 14.1 Å². The third-order valence-electron chi connectivity index (χ3n) is 3.78. The molecule has 1 unspecified atom stereocenters. The van der Waals surface area contributed by atoms with Gasteiger partial charge in [0.25, 0.3) is 5.91 Å². The lowest BCUT2D eigenvalue weighted by Gasteiger charge is -2.14. The van der Waals surface area contributed by atoms with Crippen molar-refractivity contribution in [3.8, 4) is 0 Å². The van der Waals surface area contributed by atoms with Gasteiger partial charge in [0.2, 0.25) is 0 Å².